The number of amides is 1. The molecule has 1 aliphatic carbocycles. The number of nitrogens with zero attached hydrogens (tertiary/aromatic N) is 2. The summed E-state index contributed by atoms with van der Waals surface area (Å²) in [6, 6.07) is 21.2. The lowest BCUT2D eigenvalue weighted by Gasteiger charge is -2.30. The zero-order valence-corrected chi connectivity index (χ0v) is 20.9. The molecular weight excluding hydrogens is 471 g/mol. The highest BCUT2D eigenvalue weighted by molar-refractivity contribution is 6.08. The summed E-state index contributed by atoms with van der Waals surface area (Å²) in [7, 11) is 3.28. The van der Waals surface area contributed by atoms with Crippen molar-refractivity contribution in [2.75, 3.05) is 20.8 Å². The molecule has 1 heterocycles. The Bertz CT molecular complexity index is 1350. The summed E-state index contributed by atoms with van der Waals surface area (Å²) in [6.07, 6.45) is 4.79. The van der Waals surface area contributed by atoms with Gasteiger partial charge in [0.25, 0.3) is 5.91 Å². The van der Waals surface area contributed by atoms with Gasteiger partial charge >= 0.3 is 0 Å². The molecule has 1 fully saturated rings. The van der Waals surface area contributed by atoms with Crippen molar-refractivity contribution in [2.45, 2.75) is 25.3 Å². The topological polar surface area (TPSA) is 60.4 Å². The summed E-state index contributed by atoms with van der Waals surface area (Å²) in [5, 5.41) is 6.37. The number of hydrogen-bond donors (Lipinski definition) is 0. The van der Waals surface area contributed by atoms with Crippen LogP contribution in [0.25, 0.3) is 6.08 Å². The van der Waals surface area contributed by atoms with Crippen molar-refractivity contribution in [3.05, 3.63) is 95.3 Å². The molecule has 0 unspecified atom stereocenters. The molecule has 5 rings (SSSR count). The van der Waals surface area contributed by atoms with Crippen LogP contribution in [0.2, 0.25) is 0 Å². The Morgan fingerprint density at radius 2 is 1.65 bits per heavy atom. The van der Waals surface area contributed by atoms with E-state index in [-0.39, 0.29) is 30.2 Å². The first-order chi connectivity index (χ1) is 18.1. The van der Waals surface area contributed by atoms with E-state index in [0.717, 1.165) is 47.4 Å². The first-order valence-electron chi connectivity index (χ1n) is 12.4. The number of rotatable bonds is 7. The van der Waals surface area contributed by atoms with Gasteiger partial charge in [-0.25, -0.2) is 9.40 Å². The average molecular weight is 501 g/mol. The third-order valence-corrected chi connectivity index (χ3v) is 6.87. The summed E-state index contributed by atoms with van der Waals surface area (Å²) in [6.45, 7) is -0.332. The molecule has 1 saturated carbocycles. The molecule has 0 bridgehead atoms. The zero-order chi connectivity index (χ0) is 25.8. The molecule has 190 valence electrons. The quantitative estimate of drug-likeness (QED) is 0.397. The lowest BCUT2D eigenvalue weighted by Crippen LogP contribution is -2.35. The third-order valence-electron chi connectivity index (χ3n) is 6.87. The van der Waals surface area contributed by atoms with E-state index in [0.29, 0.717) is 5.75 Å². The van der Waals surface area contributed by atoms with E-state index in [1.54, 1.807) is 26.4 Å². The Labute approximate surface area is 216 Å². The van der Waals surface area contributed by atoms with Crippen LogP contribution in [0, 0.1) is 11.7 Å². The minimum atomic E-state index is -0.514. The Kier molecular flexibility index (Phi) is 7.21. The maximum absolute atomic E-state index is 14.1. The smallest absolute Gasteiger partial charge is 0.281 e. The van der Waals surface area contributed by atoms with Crippen molar-refractivity contribution >= 4 is 17.7 Å². The monoisotopic (exact) mass is 500 g/mol. The molecule has 0 spiro atoms. The van der Waals surface area contributed by atoms with Gasteiger partial charge in [-0.05, 0) is 55.2 Å². The van der Waals surface area contributed by atoms with E-state index in [9.17, 15) is 9.18 Å². The minimum absolute atomic E-state index is 0.0107. The van der Waals surface area contributed by atoms with Crippen LogP contribution in [0.4, 0.5) is 4.39 Å². The second-order valence-corrected chi connectivity index (χ2v) is 9.04. The summed E-state index contributed by atoms with van der Waals surface area (Å²) < 4.78 is 30.9. The van der Waals surface area contributed by atoms with Gasteiger partial charge in [-0.2, -0.15) is 5.10 Å². The first-order valence-corrected chi connectivity index (χ1v) is 12.4. The minimum Gasteiger partial charge on any atom is -0.496 e. The molecule has 3 aromatic carbocycles. The fraction of sp³-hybridized carbons (Fsp3) is 0.267. The number of hydrogen-bond acceptors (Lipinski definition) is 5. The lowest BCUT2D eigenvalue weighted by atomic mass is 9.77. The van der Waals surface area contributed by atoms with Crippen molar-refractivity contribution in [3.8, 4) is 17.2 Å². The van der Waals surface area contributed by atoms with E-state index in [2.05, 4.69) is 6.08 Å². The zero-order valence-electron chi connectivity index (χ0n) is 20.9. The fourth-order valence-electron chi connectivity index (χ4n) is 5.17. The SMILES string of the molecule is COc1ccccc1/C=C1\CCC[C@@H]2C1=NN(C(=O)COc1ccccc1F)[C@@H]2c1ccccc1OC. The first kappa shape index (κ1) is 24.6. The molecule has 2 aliphatic rings. The number of benzene rings is 3. The van der Waals surface area contributed by atoms with Gasteiger partial charge < -0.3 is 14.2 Å². The molecule has 0 N–H and O–H groups in total. The van der Waals surface area contributed by atoms with Crippen molar-refractivity contribution in [1.82, 2.24) is 5.01 Å². The van der Waals surface area contributed by atoms with Crippen LogP contribution in [0.15, 0.2) is 83.5 Å². The molecule has 6 nitrogen and oxygen atoms in total. The normalized spacial score (nSPS) is 19.8. The second-order valence-electron chi connectivity index (χ2n) is 9.04. The van der Waals surface area contributed by atoms with Gasteiger partial charge in [0, 0.05) is 17.0 Å². The molecular formula is C30H29FN2O4. The Morgan fingerprint density at radius 1 is 0.973 bits per heavy atom. The number of methoxy groups -OCH3 is 2. The number of hydrazone groups is 1. The summed E-state index contributed by atoms with van der Waals surface area (Å²) in [5.74, 6) is 0.632. The van der Waals surface area contributed by atoms with Crippen molar-refractivity contribution in [1.29, 1.82) is 0 Å². The highest BCUT2D eigenvalue weighted by atomic mass is 19.1. The van der Waals surface area contributed by atoms with Gasteiger partial charge in [-0.15, -0.1) is 0 Å². The third kappa shape index (κ3) is 4.94. The molecule has 1 amide bonds. The number of allylic oxidation sites excluding steroid dienone is 1. The molecule has 3 aromatic rings. The van der Waals surface area contributed by atoms with Crippen LogP contribution in [0.3, 0.4) is 0 Å². The van der Waals surface area contributed by atoms with Gasteiger partial charge in [0.2, 0.25) is 0 Å². The molecule has 0 saturated heterocycles. The van der Waals surface area contributed by atoms with Crippen LogP contribution < -0.4 is 14.2 Å². The van der Waals surface area contributed by atoms with Gasteiger partial charge in [0.1, 0.15) is 11.5 Å². The molecule has 0 aromatic heterocycles. The molecule has 7 heteroatoms. The van der Waals surface area contributed by atoms with Crippen molar-refractivity contribution < 1.29 is 23.4 Å². The van der Waals surface area contributed by atoms with E-state index in [1.165, 1.54) is 17.1 Å². The van der Waals surface area contributed by atoms with Crippen LogP contribution in [-0.2, 0) is 4.79 Å². The summed E-state index contributed by atoms with van der Waals surface area (Å²) >= 11 is 0. The average Bonchev–Trinajstić information content (AvgIpc) is 3.33. The number of fused-ring (bicyclic) bond motifs is 1. The van der Waals surface area contributed by atoms with Crippen LogP contribution in [0.1, 0.15) is 36.4 Å². The number of halogens is 1. The Balaban J connectivity index is 1.52. The highest BCUT2D eigenvalue weighted by Crippen LogP contribution is 2.46. The summed E-state index contributed by atoms with van der Waals surface area (Å²) in [4.78, 5) is 13.5. The predicted octanol–water partition coefficient (Wildman–Crippen LogP) is 6.04. The van der Waals surface area contributed by atoms with Gasteiger partial charge in [-0.3, -0.25) is 4.79 Å². The van der Waals surface area contributed by atoms with Crippen LogP contribution in [-0.4, -0.2) is 37.5 Å². The molecule has 0 radical (unpaired) electrons. The van der Waals surface area contributed by atoms with E-state index in [1.807, 2.05) is 48.5 Å². The summed E-state index contributed by atoms with van der Waals surface area (Å²) in [5.41, 5.74) is 3.80. The van der Waals surface area contributed by atoms with Gasteiger partial charge in [-0.1, -0.05) is 48.5 Å². The predicted molar refractivity (Wildman–Crippen MR) is 140 cm³/mol. The Hall–Kier alpha value is -4.13. The van der Waals surface area contributed by atoms with Gasteiger partial charge in [0.15, 0.2) is 18.2 Å². The number of carbonyl (C=O) groups excluding carboxylic acids is 1. The van der Waals surface area contributed by atoms with E-state index in [4.69, 9.17) is 19.3 Å². The van der Waals surface area contributed by atoms with Crippen molar-refractivity contribution in [2.24, 2.45) is 11.0 Å². The van der Waals surface area contributed by atoms with Crippen molar-refractivity contribution in [3.63, 3.8) is 0 Å². The lowest BCUT2D eigenvalue weighted by molar-refractivity contribution is -0.135. The fourth-order valence-corrected chi connectivity index (χ4v) is 5.17. The molecule has 2 atom stereocenters. The highest BCUT2D eigenvalue weighted by Gasteiger charge is 2.44. The number of carbonyl (C=O) groups is 1. The van der Waals surface area contributed by atoms with E-state index < -0.39 is 5.82 Å². The molecule has 37 heavy (non-hydrogen) atoms. The largest absolute Gasteiger partial charge is 0.496 e. The number of ether oxygens (including phenoxy) is 3. The van der Waals surface area contributed by atoms with Crippen LogP contribution >= 0.6 is 0 Å². The number of para-hydroxylation sites is 3. The maximum atomic E-state index is 14.1. The standard InChI is InChI=1S/C30H29FN2O4/c1-35-25-15-6-3-10-20(25)18-21-11-9-13-23-29(21)32-33(30(23)22-12-4-7-16-26(22)36-2)28(34)19-37-27-17-8-5-14-24(27)31/h3-8,10,12,14-18,23,30H,9,11,13,19H2,1-2H3/b21-18+/t23-,30-/m1/s1. The molecule has 1 aliphatic heterocycles. The second kappa shape index (κ2) is 10.9. The van der Waals surface area contributed by atoms with Crippen LogP contribution in [0.5, 0.6) is 17.2 Å². The van der Waals surface area contributed by atoms with E-state index >= 15 is 0 Å². The maximum Gasteiger partial charge on any atom is 0.281 e. The van der Waals surface area contributed by atoms with Gasteiger partial charge in [0.05, 0.1) is 26.0 Å². The Morgan fingerprint density at radius 3 is 2.41 bits per heavy atom.